The Morgan fingerprint density at radius 2 is 2.07 bits per heavy atom. The average molecular weight is 257 g/mol. The van der Waals surface area contributed by atoms with E-state index in [0.29, 0.717) is 13.0 Å². The number of amides is 1. The third-order valence-corrected chi connectivity index (χ3v) is 2.62. The van der Waals surface area contributed by atoms with E-state index in [4.69, 9.17) is 5.73 Å². The molecule has 0 radical (unpaired) electrons. The first-order valence-corrected chi connectivity index (χ1v) is 5.35. The van der Waals surface area contributed by atoms with E-state index < -0.39 is 0 Å². The molecule has 0 saturated heterocycles. The average Bonchev–Trinajstić information content (AvgIpc) is 2.19. The number of nitrogens with one attached hydrogen (secondary N) is 1. The summed E-state index contributed by atoms with van der Waals surface area (Å²) in [4.78, 5) is 11.3. The van der Waals surface area contributed by atoms with Gasteiger partial charge >= 0.3 is 0 Å². The molecule has 3 nitrogen and oxygen atoms in total. The molecule has 14 heavy (non-hydrogen) atoms. The van der Waals surface area contributed by atoms with Gasteiger partial charge in [0.05, 0.1) is 4.83 Å². The fourth-order valence-electron chi connectivity index (χ4n) is 1.02. The van der Waals surface area contributed by atoms with E-state index in [2.05, 4.69) is 21.2 Å². The second-order valence-corrected chi connectivity index (χ2v) is 4.01. The summed E-state index contributed by atoms with van der Waals surface area (Å²) in [5.41, 5.74) is 6.16. The summed E-state index contributed by atoms with van der Waals surface area (Å²) in [5.74, 6) is -0.0540. The highest BCUT2D eigenvalue weighted by atomic mass is 79.9. The highest BCUT2D eigenvalue weighted by molar-refractivity contribution is 9.10. The van der Waals surface area contributed by atoms with Crippen LogP contribution in [0.3, 0.4) is 0 Å². The number of halogens is 1. The van der Waals surface area contributed by atoms with Gasteiger partial charge in [-0.15, -0.1) is 0 Å². The number of para-hydroxylation sites is 1. The van der Waals surface area contributed by atoms with Crippen LogP contribution in [0.5, 0.6) is 0 Å². The lowest BCUT2D eigenvalue weighted by atomic mass is 10.2. The van der Waals surface area contributed by atoms with Gasteiger partial charge < -0.3 is 11.1 Å². The van der Waals surface area contributed by atoms with Crippen LogP contribution in [0.2, 0.25) is 0 Å². The second kappa shape index (κ2) is 5.78. The lowest BCUT2D eigenvalue weighted by Crippen LogP contribution is -2.25. The summed E-state index contributed by atoms with van der Waals surface area (Å²) in [6, 6.07) is 9.35. The molecule has 0 aliphatic rings. The van der Waals surface area contributed by atoms with Crippen LogP contribution >= 0.6 is 15.9 Å². The van der Waals surface area contributed by atoms with Crippen molar-refractivity contribution in [1.82, 2.24) is 0 Å². The molecule has 0 aromatic heterocycles. The fraction of sp³-hybridized carbons (Fsp3) is 0.300. The Hall–Kier alpha value is -0.870. The smallest absolute Gasteiger partial charge is 0.238 e. The number of carbonyl (C=O) groups excluding carboxylic acids is 1. The molecule has 1 amide bonds. The van der Waals surface area contributed by atoms with Crippen molar-refractivity contribution in [3.05, 3.63) is 30.3 Å². The minimum absolute atomic E-state index is 0.0540. The molecule has 0 aliphatic heterocycles. The maximum Gasteiger partial charge on any atom is 0.238 e. The number of hydrogen-bond donors (Lipinski definition) is 2. The molecule has 1 aromatic rings. The first-order valence-electron chi connectivity index (χ1n) is 4.44. The summed E-state index contributed by atoms with van der Waals surface area (Å²) in [5, 5.41) is 2.79. The zero-order chi connectivity index (χ0) is 10.4. The van der Waals surface area contributed by atoms with Crippen molar-refractivity contribution in [2.75, 3.05) is 11.9 Å². The maximum atomic E-state index is 11.5. The summed E-state index contributed by atoms with van der Waals surface area (Å²) >= 11 is 3.27. The number of alkyl halides is 1. The quantitative estimate of drug-likeness (QED) is 0.807. The van der Waals surface area contributed by atoms with Gasteiger partial charge in [-0.1, -0.05) is 34.1 Å². The van der Waals surface area contributed by atoms with Crippen molar-refractivity contribution < 1.29 is 4.79 Å². The molecule has 3 N–H and O–H groups in total. The lowest BCUT2D eigenvalue weighted by Gasteiger charge is -2.09. The molecule has 1 rings (SSSR count). The van der Waals surface area contributed by atoms with Crippen molar-refractivity contribution in [1.29, 1.82) is 0 Å². The minimum Gasteiger partial charge on any atom is -0.330 e. The van der Waals surface area contributed by atoms with Crippen molar-refractivity contribution in [3.63, 3.8) is 0 Å². The Balaban J connectivity index is 2.49. The molecule has 1 unspecified atom stereocenters. The maximum absolute atomic E-state index is 11.5. The van der Waals surface area contributed by atoms with E-state index in [-0.39, 0.29) is 10.7 Å². The summed E-state index contributed by atoms with van der Waals surface area (Å²) in [6.45, 7) is 0.498. The van der Waals surface area contributed by atoms with Crippen LogP contribution in [0.1, 0.15) is 6.42 Å². The molecule has 1 aromatic carbocycles. The molecule has 0 spiro atoms. The third-order valence-electron chi connectivity index (χ3n) is 1.75. The summed E-state index contributed by atoms with van der Waals surface area (Å²) < 4.78 is 0. The molecule has 76 valence electrons. The van der Waals surface area contributed by atoms with E-state index >= 15 is 0 Å². The molecule has 0 heterocycles. The van der Waals surface area contributed by atoms with Crippen LogP contribution in [0.25, 0.3) is 0 Å². The van der Waals surface area contributed by atoms with Gasteiger partial charge in [-0.2, -0.15) is 0 Å². The summed E-state index contributed by atoms with van der Waals surface area (Å²) in [7, 11) is 0. The zero-order valence-corrected chi connectivity index (χ0v) is 9.33. The standard InChI is InChI=1S/C10H13BrN2O/c11-9(6-7-12)10(14)13-8-4-2-1-3-5-8/h1-5,9H,6-7,12H2,(H,13,14). The van der Waals surface area contributed by atoms with Gasteiger partial charge in [-0.3, -0.25) is 4.79 Å². The van der Waals surface area contributed by atoms with E-state index in [1.165, 1.54) is 0 Å². The first kappa shape index (κ1) is 11.2. The predicted octanol–water partition coefficient (Wildman–Crippen LogP) is 1.74. The molecule has 0 saturated carbocycles. The number of anilines is 1. The van der Waals surface area contributed by atoms with E-state index in [0.717, 1.165) is 5.69 Å². The van der Waals surface area contributed by atoms with Crippen LogP contribution < -0.4 is 11.1 Å². The first-order chi connectivity index (χ1) is 6.74. The largest absolute Gasteiger partial charge is 0.330 e. The van der Waals surface area contributed by atoms with Crippen LogP contribution in [0.4, 0.5) is 5.69 Å². The fourth-order valence-corrected chi connectivity index (χ4v) is 1.40. The number of carbonyl (C=O) groups is 1. The number of nitrogens with two attached hydrogens (primary N) is 1. The Labute approximate surface area is 91.8 Å². The van der Waals surface area contributed by atoms with E-state index in [1.807, 2.05) is 30.3 Å². The van der Waals surface area contributed by atoms with Crippen molar-refractivity contribution in [2.45, 2.75) is 11.2 Å². The predicted molar refractivity (Wildman–Crippen MR) is 61.5 cm³/mol. The van der Waals surface area contributed by atoms with Crippen LogP contribution in [-0.2, 0) is 4.79 Å². The van der Waals surface area contributed by atoms with Gasteiger partial charge in [0.1, 0.15) is 0 Å². The van der Waals surface area contributed by atoms with Crippen LogP contribution in [-0.4, -0.2) is 17.3 Å². The number of benzene rings is 1. The van der Waals surface area contributed by atoms with Crippen molar-refractivity contribution in [3.8, 4) is 0 Å². The molecule has 4 heteroatoms. The van der Waals surface area contributed by atoms with Crippen LogP contribution in [0, 0.1) is 0 Å². The van der Waals surface area contributed by atoms with E-state index in [9.17, 15) is 4.79 Å². The molecule has 1 atom stereocenters. The zero-order valence-electron chi connectivity index (χ0n) is 7.74. The van der Waals surface area contributed by atoms with Crippen molar-refractivity contribution in [2.24, 2.45) is 5.73 Å². The summed E-state index contributed by atoms with van der Waals surface area (Å²) in [6.07, 6.45) is 0.638. The minimum atomic E-state index is -0.215. The molecule has 0 aliphatic carbocycles. The lowest BCUT2D eigenvalue weighted by molar-refractivity contribution is -0.115. The van der Waals surface area contributed by atoms with Gasteiger partial charge in [-0.05, 0) is 25.1 Å². The van der Waals surface area contributed by atoms with Crippen molar-refractivity contribution >= 4 is 27.5 Å². The Bertz CT molecular complexity index is 289. The Morgan fingerprint density at radius 1 is 1.43 bits per heavy atom. The SMILES string of the molecule is NCCC(Br)C(=O)Nc1ccccc1. The van der Waals surface area contributed by atoms with Gasteiger partial charge in [0.15, 0.2) is 0 Å². The number of hydrogen-bond acceptors (Lipinski definition) is 2. The molecule has 0 fully saturated rings. The Kier molecular flexibility index (Phi) is 4.62. The third kappa shape index (κ3) is 3.47. The van der Waals surface area contributed by atoms with Crippen LogP contribution in [0.15, 0.2) is 30.3 Å². The number of rotatable bonds is 4. The normalized spacial score (nSPS) is 12.1. The molecular formula is C10H13BrN2O. The van der Waals surface area contributed by atoms with Gasteiger partial charge in [0, 0.05) is 5.69 Å². The Morgan fingerprint density at radius 3 is 2.64 bits per heavy atom. The monoisotopic (exact) mass is 256 g/mol. The highest BCUT2D eigenvalue weighted by Gasteiger charge is 2.13. The second-order valence-electron chi connectivity index (χ2n) is 2.90. The molecular weight excluding hydrogens is 244 g/mol. The van der Waals surface area contributed by atoms with Gasteiger partial charge in [0.2, 0.25) is 5.91 Å². The van der Waals surface area contributed by atoms with E-state index in [1.54, 1.807) is 0 Å². The highest BCUT2D eigenvalue weighted by Crippen LogP contribution is 2.10. The van der Waals surface area contributed by atoms with Gasteiger partial charge in [0.25, 0.3) is 0 Å². The molecule has 0 bridgehead atoms. The topological polar surface area (TPSA) is 55.1 Å². The van der Waals surface area contributed by atoms with Gasteiger partial charge in [-0.25, -0.2) is 0 Å².